The van der Waals surface area contributed by atoms with E-state index in [0.29, 0.717) is 12.5 Å². The Morgan fingerprint density at radius 2 is 1.33 bits per heavy atom. The average molecular weight is 294 g/mol. The number of unbranched alkanes of at least 4 members (excludes halogenated alkanes) is 8. The molecule has 0 heterocycles. The van der Waals surface area contributed by atoms with E-state index in [1.54, 1.807) is 0 Å². The van der Waals surface area contributed by atoms with Gasteiger partial charge in [-0.15, -0.1) is 0 Å². The molecule has 1 N–H and O–H groups in total. The van der Waals surface area contributed by atoms with Gasteiger partial charge in [-0.25, -0.2) is 4.79 Å². The minimum Gasteiger partial charge on any atom is -1.00 e. The molecule has 0 saturated carbocycles. The van der Waals surface area contributed by atoms with Gasteiger partial charge < -0.3 is 11.3 Å². The maximum Gasteiger partial charge on any atom is 1.00 e. The van der Waals surface area contributed by atoms with E-state index in [9.17, 15) is 4.79 Å². The van der Waals surface area contributed by atoms with Crippen molar-refractivity contribution in [3.8, 4) is 0 Å². The third-order valence-electron chi connectivity index (χ3n) is 3.87. The molecular weight excluding hydrogens is 259 g/mol. The Labute approximate surface area is 144 Å². The molecule has 0 radical (unpaired) electrons. The van der Waals surface area contributed by atoms with Crippen LogP contribution in [0.2, 0.25) is 0 Å². The molecule has 0 aliphatic carbocycles. The van der Waals surface area contributed by atoms with E-state index in [4.69, 9.17) is 9.84 Å². The number of hydrogen-bond donors (Lipinski definition) is 1. The molecule has 0 amide bonds. The molecular formula is C17H35LiO3. The molecule has 0 aromatic rings. The van der Waals surface area contributed by atoms with E-state index in [1.165, 1.54) is 64.2 Å². The topological polar surface area (TPSA) is 46.5 Å². The minimum atomic E-state index is -1.13. The van der Waals surface area contributed by atoms with Crippen molar-refractivity contribution in [2.75, 3.05) is 6.61 Å². The zero-order valence-corrected chi connectivity index (χ0v) is 14.5. The maximum atomic E-state index is 10.5. The maximum absolute atomic E-state index is 10.5. The van der Waals surface area contributed by atoms with Crippen LogP contribution in [0.5, 0.6) is 0 Å². The van der Waals surface area contributed by atoms with Crippen molar-refractivity contribution in [1.82, 2.24) is 0 Å². The monoisotopic (exact) mass is 294 g/mol. The minimum absolute atomic E-state index is 0. The summed E-state index contributed by atoms with van der Waals surface area (Å²) in [6.45, 7) is 4.83. The van der Waals surface area contributed by atoms with E-state index in [2.05, 4.69) is 13.8 Å². The summed E-state index contributed by atoms with van der Waals surface area (Å²) in [4.78, 5) is 10.5. The van der Waals surface area contributed by atoms with Gasteiger partial charge in [0.25, 0.3) is 0 Å². The molecule has 1 unspecified atom stereocenters. The van der Waals surface area contributed by atoms with Crippen LogP contribution in [-0.4, -0.2) is 17.9 Å². The van der Waals surface area contributed by atoms with E-state index < -0.39 is 6.16 Å². The number of carboxylic acid groups (broad SMARTS) is 1. The van der Waals surface area contributed by atoms with Crippen molar-refractivity contribution in [1.29, 1.82) is 0 Å². The first kappa shape index (κ1) is 23.1. The SMILES string of the molecule is CCCCCCCCC(CCCCCC)COC(=O)O.[H-].[Li+]. The molecule has 0 fully saturated rings. The van der Waals surface area contributed by atoms with E-state index in [0.717, 1.165) is 12.8 Å². The Kier molecular flexibility index (Phi) is 19.7. The fourth-order valence-corrected chi connectivity index (χ4v) is 2.57. The summed E-state index contributed by atoms with van der Waals surface area (Å²) in [5.41, 5.74) is 0. The largest absolute Gasteiger partial charge is 1.00 e. The molecule has 0 rings (SSSR count). The van der Waals surface area contributed by atoms with Crippen LogP contribution >= 0.6 is 0 Å². The Bertz CT molecular complexity index is 228. The van der Waals surface area contributed by atoms with Gasteiger partial charge in [0.05, 0.1) is 6.61 Å². The van der Waals surface area contributed by atoms with E-state index in [1.807, 2.05) is 0 Å². The zero-order chi connectivity index (χ0) is 15.1. The molecule has 4 heteroatoms. The zero-order valence-electron chi connectivity index (χ0n) is 15.5. The van der Waals surface area contributed by atoms with Crippen molar-refractivity contribution in [2.24, 2.45) is 5.92 Å². The van der Waals surface area contributed by atoms with Gasteiger partial charge >= 0.3 is 25.0 Å². The van der Waals surface area contributed by atoms with Gasteiger partial charge in [0.2, 0.25) is 0 Å². The summed E-state index contributed by atoms with van der Waals surface area (Å²) in [5.74, 6) is 0.425. The third kappa shape index (κ3) is 17.8. The van der Waals surface area contributed by atoms with Crippen LogP contribution in [0.4, 0.5) is 4.79 Å². The van der Waals surface area contributed by atoms with Gasteiger partial charge in [-0.2, -0.15) is 0 Å². The Balaban J connectivity index is -0.00000180. The Morgan fingerprint density at radius 1 is 0.905 bits per heavy atom. The Morgan fingerprint density at radius 3 is 1.81 bits per heavy atom. The summed E-state index contributed by atoms with van der Waals surface area (Å²) in [6, 6.07) is 0. The summed E-state index contributed by atoms with van der Waals surface area (Å²) >= 11 is 0. The second-order valence-electron chi connectivity index (χ2n) is 5.85. The van der Waals surface area contributed by atoms with Gasteiger partial charge in [-0.05, 0) is 18.8 Å². The van der Waals surface area contributed by atoms with Crippen molar-refractivity contribution >= 4 is 6.16 Å². The molecule has 1 atom stereocenters. The third-order valence-corrected chi connectivity index (χ3v) is 3.87. The summed E-state index contributed by atoms with van der Waals surface area (Å²) < 4.78 is 4.77. The summed E-state index contributed by atoms with van der Waals surface area (Å²) in [6.07, 6.45) is 13.9. The van der Waals surface area contributed by atoms with Crippen LogP contribution in [0, 0.1) is 5.92 Å². The van der Waals surface area contributed by atoms with E-state index >= 15 is 0 Å². The summed E-state index contributed by atoms with van der Waals surface area (Å²) in [5, 5.41) is 8.62. The first-order chi connectivity index (χ1) is 9.70. The predicted molar refractivity (Wildman–Crippen MR) is 85.3 cm³/mol. The number of ether oxygens (including phenoxy) is 1. The van der Waals surface area contributed by atoms with Crippen molar-refractivity contribution < 1.29 is 34.9 Å². The Hall–Kier alpha value is -0.133. The standard InChI is InChI=1S/C17H34O3.Li.H/c1-3-5-7-9-10-12-14-16(15-20-17(18)19)13-11-8-6-4-2;;/h16H,3-15H2,1-2H3,(H,18,19);;/q;+1;-1. The first-order valence-electron chi connectivity index (χ1n) is 8.56. The number of rotatable bonds is 14. The molecule has 21 heavy (non-hydrogen) atoms. The predicted octanol–water partition coefficient (Wildman–Crippen LogP) is 3.13. The fraction of sp³-hybridized carbons (Fsp3) is 0.941. The molecule has 0 bridgehead atoms. The normalized spacial score (nSPS) is 11.7. The van der Waals surface area contributed by atoms with Crippen LogP contribution in [0.3, 0.4) is 0 Å². The van der Waals surface area contributed by atoms with Crippen molar-refractivity contribution in [3.05, 3.63) is 0 Å². The van der Waals surface area contributed by atoms with Gasteiger partial charge in [0.1, 0.15) is 0 Å². The fourth-order valence-electron chi connectivity index (χ4n) is 2.57. The number of hydrogen-bond acceptors (Lipinski definition) is 2. The van der Waals surface area contributed by atoms with Gasteiger partial charge in [-0.3, -0.25) is 0 Å². The molecule has 0 aromatic heterocycles. The molecule has 0 aliphatic heterocycles. The second kappa shape index (κ2) is 17.9. The van der Waals surface area contributed by atoms with Gasteiger partial charge in [-0.1, -0.05) is 78.1 Å². The second-order valence-corrected chi connectivity index (χ2v) is 5.85. The quantitative estimate of drug-likeness (QED) is 0.304. The van der Waals surface area contributed by atoms with Gasteiger partial charge in [0, 0.05) is 0 Å². The smallest absolute Gasteiger partial charge is 1.00 e. The van der Waals surface area contributed by atoms with Crippen LogP contribution in [-0.2, 0) is 4.74 Å². The molecule has 0 saturated heterocycles. The molecule has 0 aliphatic rings. The molecule has 122 valence electrons. The van der Waals surface area contributed by atoms with E-state index in [-0.39, 0.29) is 20.3 Å². The number of carbonyl (C=O) groups is 1. The van der Waals surface area contributed by atoms with Crippen LogP contribution < -0.4 is 18.9 Å². The first-order valence-corrected chi connectivity index (χ1v) is 8.56. The van der Waals surface area contributed by atoms with Crippen molar-refractivity contribution in [2.45, 2.75) is 90.9 Å². The van der Waals surface area contributed by atoms with Gasteiger partial charge in [0.15, 0.2) is 0 Å². The average Bonchev–Trinajstić information content (AvgIpc) is 2.43. The summed E-state index contributed by atoms with van der Waals surface area (Å²) in [7, 11) is 0. The van der Waals surface area contributed by atoms with Crippen LogP contribution in [0.25, 0.3) is 0 Å². The molecule has 3 nitrogen and oxygen atoms in total. The van der Waals surface area contributed by atoms with Crippen LogP contribution in [0.1, 0.15) is 92.3 Å². The molecule has 0 spiro atoms. The van der Waals surface area contributed by atoms with Crippen LogP contribution in [0.15, 0.2) is 0 Å². The van der Waals surface area contributed by atoms with Crippen molar-refractivity contribution in [3.63, 3.8) is 0 Å². The molecule has 0 aromatic carbocycles.